The first-order valence-corrected chi connectivity index (χ1v) is 6.21. The van der Waals surface area contributed by atoms with Crippen LogP contribution in [0.2, 0.25) is 0 Å². The molecule has 0 heterocycles. The van der Waals surface area contributed by atoms with E-state index in [4.69, 9.17) is 4.74 Å². The molecule has 0 saturated heterocycles. The van der Waals surface area contributed by atoms with Crippen LogP contribution in [-0.2, 0) is 19.0 Å². The molecule has 1 rings (SSSR count). The van der Waals surface area contributed by atoms with Crippen molar-refractivity contribution >= 4 is 12.1 Å². The average molecular weight is 244 g/mol. The van der Waals surface area contributed by atoms with Crippen molar-refractivity contribution in [1.29, 1.82) is 0 Å². The van der Waals surface area contributed by atoms with Crippen molar-refractivity contribution in [3.63, 3.8) is 0 Å². The second kappa shape index (κ2) is 7.92. The van der Waals surface area contributed by atoms with Crippen molar-refractivity contribution in [2.24, 2.45) is 0 Å². The highest BCUT2D eigenvalue weighted by Crippen LogP contribution is 2.20. The van der Waals surface area contributed by atoms with Crippen LogP contribution in [0.5, 0.6) is 0 Å². The molecule has 0 unspecified atom stereocenters. The van der Waals surface area contributed by atoms with E-state index in [-0.39, 0.29) is 18.9 Å². The molecule has 98 valence electrons. The van der Waals surface area contributed by atoms with Gasteiger partial charge >= 0.3 is 12.1 Å². The summed E-state index contributed by atoms with van der Waals surface area (Å²) >= 11 is 0. The van der Waals surface area contributed by atoms with E-state index in [9.17, 15) is 9.59 Å². The first kappa shape index (κ1) is 13.8. The van der Waals surface area contributed by atoms with Crippen LogP contribution in [0.3, 0.4) is 0 Å². The van der Waals surface area contributed by atoms with Crippen LogP contribution in [0.25, 0.3) is 0 Å². The lowest BCUT2D eigenvalue weighted by atomic mass is 9.98. The minimum Gasteiger partial charge on any atom is -0.431 e. The molecule has 1 saturated carbocycles. The highest BCUT2D eigenvalue weighted by Gasteiger charge is 2.18. The van der Waals surface area contributed by atoms with E-state index in [0.29, 0.717) is 12.8 Å². The van der Waals surface area contributed by atoms with Gasteiger partial charge in [-0.05, 0) is 32.1 Å². The molecular formula is C12H20O5. The summed E-state index contributed by atoms with van der Waals surface area (Å²) in [5, 5.41) is 0. The minimum atomic E-state index is -0.749. The first-order valence-electron chi connectivity index (χ1n) is 6.21. The van der Waals surface area contributed by atoms with Crippen molar-refractivity contribution in [2.75, 3.05) is 6.79 Å². The van der Waals surface area contributed by atoms with Crippen molar-refractivity contribution in [3.05, 3.63) is 0 Å². The van der Waals surface area contributed by atoms with Gasteiger partial charge in [-0.2, -0.15) is 0 Å². The molecule has 1 fully saturated rings. The van der Waals surface area contributed by atoms with Gasteiger partial charge in [-0.25, -0.2) is 4.79 Å². The highest BCUT2D eigenvalue weighted by molar-refractivity contribution is 5.69. The fourth-order valence-corrected chi connectivity index (χ4v) is 1.77. The highest BCUT2D eigenvalue weighted by atomic mass is 16.8. The predicted molar refractivity (Wildman–Crippen MR) is 60.3 cm³/mol. The summed E-state index contributed by atoms with van der Waals surface area (Å²) in [5.74, 6) is -0.363. The molecule has 5 nitrogen and oxygen atoms in total. The summed E-state index contributed by atoms with van der Waals surface area (Å²) in [7, 11) is 0. The second-order valence-corrected chi connectivity index (χ2v) is 4.16. The van der Waals surface area contributed by atoms with Gasteiger partial charge in [-0.15, -0.1) is 0 Å². The van der Waals surface area contributed by atoms with Crippen molar-refractivity contribution in [3.8, 4) is 0 Å². The Labute approximate surface area is 101 Å². The Hall–Kier alpha value is -1.26. The molecule has 0 aromatic rings. The Morgan fingerprint density at radius 1 is 1.12 bits per heavy atom. The van der Waals surface area contributed by atoms with Gasteiger partial charge in [0.15, 0.2) is 0 Å². The van der Waals surface area contributed by atoms with Gasteiger partial charge in [0.1, 0.15) is 6.10 Å². The molecule has 0 N–H and O–H groups in total. The molecule has 17 heavy (non-hydrogen) atoms. The zero-order valence-corrected chi connectivity index (χ0v) is 10.3. The molecule has 0 aromatic carbocycles. The maximum Gasteiger partial charge on any atom is 0.511 e. The van der Waals surface area contributed by atoms with E-state index < -0.39 is 6.16 Å². The summed E-state index contributed by atoms with van der Waals surface area (Å²) < 4.78 is 14.4. The van der Waals surface area contributed by atoms with E-state index in [2.05, 4.69) is 9.47 Å². The predicted octanol–water partition coefficient (Wildman–Crippen LogP) is 2.77. The fourth-order valence-electron chi connectivity index (χ4n) is 1.77. The first-order chi connectivity index (χ1) is 8.22. The number of carbonyl (C=O) groups is 2. The lowest BCUT2D eigenvalue weighted by Crippen LogP contribution is -2.22. The molecule has 0 atom stereocenters. The largest absolute Gasteiger partial charge is 0.511 e. The van der Waals surface area contributed by atoms with Crippen LogP contribution in [0.15, 0.2) is 0 Å². The fraction of sp³-hybridized carbons (Fsp3) is 0.833. The lowest BCUT2D eigenvalue weighted by Gasteiger charge is -2.21. The van der Waals surface area contributed by atoms with E-state index in [0.717, 1.165) is 25.7 Å². The molecule has 0 radical (unpaired) electrons. The van der Waals surface area contributed by atoms with Gasteiger partial charge in [0.05, 0.1) is 0 Å². The van der Waals surface area contributed by atoms with Gasteiger partial charge in [0, 0.05) is 6.42 Å². The lowest BCUT2D eigenvalue weighted by molar-refractivity contribution is -0.153. The second-order valence-electron chi connectivity index (χ2n) is 4.16. The summed E-state index contributed by atoms with van der Waals surface area (Å²) in [6.07, 6.45) is 5.42. The zero-order chi connectivity index (χ0) is 12.5. The zero-order valence-electron chi connectivity index (χ0n) is 10.3. The van der Waals surface area contributed by atoms with Gasteiger partial charge in [0.2, 0.25) is 6.79 Å². The van der Waals surface area contributed by atoms with Crippen LogP contribution in [-0.4, -0.2) is 25.0 Å². The summed E-state index contributed by atoms with van der Waals surface area (Å²) in [4.78, 5) is 22.2. The third kappa shape index (κ3) is 6.14. The van der Waals surface area contributed by atoms with E-state index >= 15 is 0 Å². The molecule has 1 aliphatic carbocycles. The quantitative estimate of drug-likeness (QED) is 0.549. The van der Waals surface area contributed by atoms with Crippen LogP contribution >= 0.6 is 0 Å². The van der Waals surface area contributed by atoms with Crippen LogP contribution < -0.4 is 0 Å². The van der Waals surface area contributed by atoms with E-state index in [1.807, 2.05) is 6.92 Å². The number of rotatable bonds is 5. The van der Waals surface area contributed by atoms with Crippen molar-refractivity contribution < 1.29 is 23.8 Å². The monoisotopic (exact) mass is 244 g/mol. The molecule has 0 aliphatic heterocycles. The van der Waals surface area contributed by atoms with Crippen LogP contribution in [0.4, 0.5) is 4.79 Å². The molecule has 0 bridgehead atoms. The molecule has 1 aliphatic rings. The summed E-state index contributed by atoms with van der Waals surface area (Å²) in [6.45, 7) is 1.52. The normalized spacial score (nSPS) is 16.3. The topological polar surface area (TPSA) is 61.8 Å². The maximum atomic E-state index is 11.2. The Balaban J connectivity index is 2.06. The molecule has 0 amide bonds. The van der Waals surface area contributed by atoms with E-state index in [1.54, 1.807) is 0 Å². The van der Waals surface area contributed by atoms with Crippen LogP contribution in [0.1, 0.15) is 51.9 Å². The molecule has 0 aromatic heterocycles. The van der Waals surface area contributed by atoms with Gasteiger partial charge in [0.25, 0.3) is 0 Å². The van der Waals surface area contributed by atoms with Gasteiger partial charge in [-0.1, -0.05) is 13.3 Å². The van der Waals surface area contributed by atoms with Crippen molar-refractivity contribution in [2.45, 2.75) is 58.0 Å². The number of hydrogen-bond acceptors (Lipinski definition) is 5. The number of ether oxygens (including phenoxy) is 3. The number of esters is 1. The number of carbonyl (C=O) groups excluding carboxylic acids is 2. The maximum absolute atomic E-state index is 11.2. The third-order valence-corrected chi connectivity index (χ3v) is 2.67. The third-order valence-electron chi connectivity index (χ3n) is 2.67. The molecule has 5 heteroatoms. The standard InChI is InChI=1S/C12H20O5/c1-2-6-11(13)15-9-16-12(14)17-10-7-4-3-5-8-10/h10H,2-9H2,1H3. The Morgan fingerprint density at radius 2 is 1.82 bits per heavy atom. The molecular weight excluding hydrogens is 224 g/mol. The van der Waals surface area contributed by atoms with Crippen molar-refractivity contribution in [1.82, 2.24) is 0 Å². The number of hydrogen-bond donors (Lipinski definition) is 0. The van der Waals surface area contributed by atoms with Gasteiger partial charge < -0.3 is 14.2 Å². The smallest absolute Gasteiger partial charge is 0.431 e. The summed E-state index contributed by atoms with van der Waals surface area (Å²) in [5.41, 5.74) is 0. The SMILES string of the molecule is CCCC(=O)OCOC(=O)OC1CCCCC1. The Bertz CT molecular complexity index is 245. The van der Waals surface area contributed by atoms with Gasteiger partial charge in [-0.3, -0.25) is 4.79 Å². The molecule has 0 spiro atoms. The minimum absolute atomic E-state index is 0.0393. The van der Waals surface area contributed by atoms with E-state index in [1.165, 1.54) is 6.42 Å². The Kier molecular flexibility index (Phi) is 6.43. The van der Waals surface area contributed by atoms with Crippen LogP contribution in [0, 0.1) is 0 Å². The average Bonchev–Trinajstić information content (AvgIpc) is 2.30. The Morgan fingerprint density at radius 3 is 2.47 bits per heavy atom. The summed E-state index contributed by atoms with van der Waals surface area (Å²) in [6, 6.07) is 0.